The summed E-state index contributed by atoms with van der Waals surface area (Å²) in [6.45, 7) is 4.60. The molecule has 1 atom stereocenters. The first-order chi connectivity index (χ1) is 9.65. The molecule has 3 rings (SSSR count). The summed E-state index contributed by atoms with van der Waals surface area (Å²) in [5, 5.41) is 5.55. The number of amides is 1. The van der Waals surface area contributed by atoms with E-state index in [-0.39, 0.29) is 24.4 Å². The quantitative estimate of drug-likeness (QED) is 0.835. The molecule has 1 saturated heterocycles. The van der Waals surface area contributed by atoms with E-state index in [9.17, 15) is 4.79 Å². The van der Waals surface area contributed by atoms with Gasteiger partial charge in [-0.2, -0.15) is 0 Å². The van der Waals surface area contributed by atoms with Crippen molar-refractivity contribution in [1.82, 2.24) is 10.2 Å². The summed E-state index contributed by atoms with van der Waals surface area (Å²) in [6, 6.07) is 12.3. The van der Waals surface area contributed by atoms with Crippen molar-refractivity contribution in [3.8, 4) is 0 Å². The summed E-state index contributed by atoms with van der Waals surface area (Å²) in [7, 11) is 0. The van der Waals surface area contributed by atoms with Gasteiger partial charge in [-0.1, -0.05) is 28.1 Å². The number of carbonyl (C=O) groups is 1. The van der Waals surface area contributed by atoms with Crippen molar-refractivity contribution in [2.24, 2.45) is 0 Å². The Balaban J connectivity index is 0.00000161. The molecule has 112 valence electrons. The SMILES string of the molecule is C[C@H]1CNCCN1C(=O)c1ccc2cc(Br)ccc2c1.Cl. The van der Waals surface area contributed by atoms with Crippen LogP contribution in [0.15, 0.2) is 40.9 Å². The van der Waals surface area contributed by atoms with Gasteiger partial charge in [0.1, 0.15) is 0 Å². The van der Waals surface area contributed by atoms with Gasteiger partial charge in [-0.15, -0.1) is 12.4 Å². The highest BCUT2D eigenvalue weighted by molar-refractivity contribution is 9.10. The number of hydrogen-bond acceptors (Lipinski definition) is 2. The number of rotatable bonds is 1. The number of nitrogens with one attached hydrogen (secondary N) is 1. The van der Waals surface area contributed by atoms with E-state index in [0.29, 0.717) is 0 Å². The minimum atomic E-state index is 0. The molecule has 1 aliphatic heterocycles. The van der Waals surface area contributed by atoms with Crippen LogP contribution in [0.25, 0.3) is 10.8 Å². The zero-order chi connectivity index (χ0) is 14.1. The lowest BCUT2D eigenvalue weighted by Crippen LogP contribution is -2.52. The van der Waals surface area contributed by atoms with E-state index < -0.39 is 0 Å². The third kappa shape index (κ3) is 3.39. The van der Waals surface area contributed by atoms with Crippen molar-refractivity contribution >= 4 is 45.0 Å². The number of hydrogen-bond donors (Lipinski definition) is 1. The molecule has 5 heteroatoms. The van der Waals surface area contributed by atoms with Gasteiger partial charge in [0.25, 0.3) is 5.91 Å². The van der Waals surface area contributed by atoms with E-state index in [1.165, 1.54) is 0 Å². The molecular formula is C16H18BrClN2O. The minimum Gasteiger partial charge on any atom is -0.333 e. The van der Waals surface area contributed by atoms with E-state index in [1.807, 2.05) is 35.2 Å². The van der Waals surface area contributed by atoms with E-state index in [1.54, 1.807) is 0 Å². The summed E-state index contributed by atoms with van der Waals surface area (Å²) in [6.07, 6.45) is 0. The lowest BCUT2D eigenvalue weighted by Gasteiger charge is -2.34. The van der Waals surface area contributed by atoms with Crippen LogP contribution in [-0.4, -0.2) is 36.5 Å². The predicted octanol–water partition coefficient (Wildman–Crippen LogP) is 3.46. The Hall–Kier alpha value is -1.10. The second kappa shape index (κ2) is 6.77. The van der Waals surface area contributed by atoms with E-state index in [2.05, 4.69) is 34.2 Å². The number of benzene rings is 2. The monoisotopic (exact) mass is 368 g/mol. The molecule has 2 aromatic carbocycles. The van der Waals surface area contributed by atoms with Crippen LogP contribution in [0.1, 0.15) is 17.3 Å². The third-order valence-electron chi connectivity index (χ3n) is 3.81. The highest BCUT2D eigenvalue weighted by Crippen LogP contribution is 2.22. The van der Waals surface area contributed by atoms with Gasteiger partial charge in [0, 0.05) is 35.7 Å². The van der Waals surface area contributed by atoms with Crippen molar-refractivity contribution in [2.45, 2.75) is 13.0 Å². The highest BCUT2D eigenvalue weighted by Gasteiger charge is 2.23. The molecule has 0 unspecified atom stereocenters. The van der Waals surface area contributed by atoms with Crippen LogP contribution in [0.2, 0.25) is 0 Å². The average Bonchev–Trinajstić information content (AvgIpc) is 2.46. The van der Waals surface area contributed by atoms with Crippen LogP contribution < -0.4 is 5.32 Å². The van der Waals surface area contributed by atoms with E-state index >= 15 is 0 Å². The van der Waals surface area contributed by atoms with Crippen molar-refractivity contribution in [3.63, 3.8) is 0 Å². The fourth-order valence-electron chi connectivity index (χ4n) is 2.66. The fourth-order valence-corrected chi connectivity index (χ4v) is 3.04. The Labute approximate surface area is 139 Å². The molecule has 0 bridgehead atoms. The highest BCUT2D eigenvalue weighted by atomic mass is 79.9. The summed E-state index contributed by atoms with van der Waals surface area (Å²) in [5.41, 5.74) is 0.772. The molecule has 1 heterocycles. The zero-order valence-electron chi connectivity index (χ0n) is 11.8. The molecular weight excluding hydrogens is 352 g/mol. The van der Waals surface area contributed by atoms with Gasteiger partial charge in [-0.25, -0.2) is 0 Å². The second-order valence-electron chi connectivity index (χ2n) is 5.26. The molecule has 0 aliphatic carbocycles. The third-order valence-corrected chi connectivity index (χ3v) is 4.30. The molecule has 3 nitrogen and oxygen atoms in total. The second-order valence-corrected chi connectivity index (χ2v) is 6.17. The molecule has 2 aromatic rings. The van der Waals surface area contributed by atoms with Crippen LogP contribution >= 0.6 is 28.3 Å². The van der Waals surface area contributed by atoms with E-state index in [0.717, 1.165) is 40.4 Å². The maximum absolute atomic E-state index is 12.6. The Morgan fingerprint density at radius 2 is 1.95 bits per heavy atom. The van der Waals surface area contributed by atoms with Crippen molar-refractivity contribution < 1.29 is 4.79 Å². The number of fused-ring (bicyclic) bond motifs is 1. The van der Waals surface area contributed by atoms with Gasteiger partial charge in [-0.3, -0.25) is 4.79 Å². The average molecular weight is 370 g/mol. The van der Waals surface area contributed by atoms with Crippen LogP contribution in [0, 0.1) is 0 Å². The van der Waals surface area contributed by atoms with Crippen LogP contribution in [0.5, 0.6) is 0 Å². The number of piperazine rings is 1. The van der Waals surface area contributed by atoms with Gasteiger partial charge in [0.15, 0.2) is 0 Å². The van der Waals surface area contributed by atoms with Gasteiger partial charge >= 0.3 is 0 Å². The van der Waals surface area contributed by atoms with Crippen molar-refractivity contribution in [3.05, 3.63) is 46.4 Å². The maximum atomic E-state index is 12.6. The maximum Gasteiger partial charge on any atom is 0.254 e. The van der Waals surface area contributed by atoms with Gasteiger partial charge in [-0.05, 0) is 42.0 Å². The summed E-state index contributed by atoms with van der Waals surface area (Å²) < 4.78 is 1.06. The minimum absolute atomic E-state index is 0. The lowest BCUT2D eigenvalue weighted by atomic mass is 10.1. The van der Waals surface area contributed by atoms with Gasteiger partial charge < -0.3 is 10.2 Å². The Morgan fingerprint density at radius 1 is 1.24 bits per heavy atom. The molecule has 0 spiro atoms. The first-order valence-electron chi connectivity index (χ1n) is 6.86. The van der Waals surface area contributed by atoms with Crippen LogP contribution in [-0.2, 0) is 0 Å². The first kappa shape index (κ1) is 16.3. The Kier molecular flexibility index (Phi) is 5.25. The molecule has 1 fully saturated rings. The summed E-state index contributed by atoms with van der Waals surface area (Å²) in [5.74, 6) is 0.129. The lowest BCUT2D eigenvalue weighted by molar-refractivity contribution is 0.0656. The topological polar surface area (TPSA) is 32.3 Å². The number of halogens is 2. The van der Waals surface area contributed by atoms with Crippen molar-refractivity contribution in [1.29, 1.82) is 0 Å². The number of carbonyl (C=O) groups excluding carboxylic acids is 1. The fraction of sp³-hybridized carbons (Fsp3) is 0.312. The smallest absolute Gasteiger partial charge is 0.254 e. The van der Waals surface area contributed by atoms with Crippen LogP contribution in [0.3, 0.4) is 0 Å². The molecule has 0 radical (unpaired) electrons. The zero-order valence-corrected chi connectivity index (χ0v) is 14.2. The molecule has 21 heavy (non-hydrogen) atoms. The molecule has 1 N–H and O–H groups in total. The summed E-state index contributed by atoms with van der Waals surface area (Å²) >= 11 is 3.47. The van der Waals surface area contributed by atoms with Gasteiger partial charge in [0.05, 0.1) is 0 Å². The molecule has 0 aromatic heterocycles. The summed E-state index contributed by atoms with van der Waals surface area (Å²) in [4.78, 5) is 14.6. The van der Waals surface area contributed by atoms with Crippen LogP contribution in [0.4, 0.5) is 0 Å². The van der Waals surface area contributed by atoms with Crippen molar-refractivity contribution in [2.75, 3.05) is 19.6 Å². The van der Waals surface area contributed by atoms with Gasteiger partial charge in [0.2, 0.25) is 0 Å². The largest absolute Gasteiger partial charge is 0.333 e. The normalized spacial score (nSPS) is 18.4. The Bertz CT molecular complexity index is 662. The predicted molar refractivity (Wildman–Crippen MR) is 92.3 cm³/mol. The number of nitrogens with zero attached hydrogens (tertiary/aromatic N) is 1. The first-order valence-corrected chi connectivity index (χ1v) is 7.65. The Morgan fingerprint density at radius 3 is 2.71 bits per heavy atom. The molecule has 0 saturated carbocycles. The standard InChI is InChI=1S/C16H17BrN2O.ClH/c1-11-10-18-6-7-19(11)16(20)14-3-2-13-9-15(17)5-4-12(13)8-14;/h2-5,8-9,11,18H,6-7,10H2,1H3;1H/t11-;/m0./s1. The molecule has 1 amide bonds. The van der Waals surface area contributed by atoms with E-state index in [4.69, 9.17) is 0 Å². The molecule has 1 aliphatic rings.